The van der Waals surface area contributed by atoms with Gasteiger partial charge in [-0.1, -0.05) is 11.6 Å². The van der Waals surface area contributed by atoms with E-state index in [4.69, 9.17) is 5.73 Å². The summed E-state index contributed by atoms with van der Waals surface area (Å²) in [6.07, 6.45) is 4.41. The van der Waals surface area contributed by atoms with Crippen LogP contribution >= 0.6 is 0 Å². The lowest BCUT2D eigenvalue weighted by Crippen LogP contribution is -2.65. The monoisotopic (exact) mass is 212 g/mol. The Morgan fingerprint density at radius 1 is 0.750 bits per heavy atom. The number of nitrogens with two attached hydrogens (primary N) is 1. The van der Waals surface area contributed by atoms with Gasteiger partial charge in [0.2, 0.25) is 0 Å². The fraction of sp³-hybridized carbons (Fsp3) is 1.00. The lowest BCUT2D eigenvalue weighted by atomic mass is 9.18. The Morgan fingerprint density at radius 2 is 1.56 bits per heavy atom. The van der Waals surface area contributed by atoms with Crippen LogP contribution in [0.2, 0.25) is 11.6 Å². The summed E-state index contributed by atoms with van der Waals surface area (Å²) in [5, 5.41) is 0. The van der Waals surface area contributed by atoms with Gasteiger partial charge < -0.3 is 5.73 Å². The summed E-state index contributed by atoms with van der Waals surface area (Å²) in [6.45, 7) is 0. The van der Waals surface area contributed by atoms with Crippen LogP contribution in [0, 0.1) is 47.3 Å². The van der Waals surface area contributed by atoms with Gasteiger partial charge in [0, 0.05) is 6.04 Å². The standard InChI is InChI=1S/C14H19BN/c16-7-3-4-1-5(7)13-12-10-8-6(2-4)9(8)11(10)14(12)15-13/h4-14H,1-3,16H2. The van der Waals surface area contributed by atoms with Crippen molar-refractivity contribution in [1.29, 1.82) is 0 Å². The SMILES string of the molecule is NC1CC2CC1C1[B]C3C1C1C3C3C(C2)C31. The van der Waals surface area contributed by atoms with Gasteiger partial charge in [0.1, 0.15) is 7.28 Å². The quantitative estimate of drug-likeness (QED) is 0.608. The molecular weight excluding hydrogens is 193 g/mol. The number of hydrogen-bond acceptors (Lipinski definition) is 1. The van der Waals surface area contributed by atoms with Crippen molar-refractivity contribution in [1.82, 2.24) is 0 Å². The summed E-state index contributed by atoms with van der Waals surface area (Å²) in [5.41, 5.74) is 6.40. The van der Waals surface area contributed by atoms with Gasteiger partial charge in [0.05, 0.1) is 0 Å². The van der Waals surface area contributed by atoms with Crippen LogP contribution in [-0.2, 0) is 0 Å². The topological polar surface area (TPSA) is 26.0 Å². The number of rotatable bonds is 0. The van der Waals surface area contributed by atoms with Gasteiger partial charge in [-0.3, -0.25) is 0 Å². The fourth-order valence-corrected chi connectivity index (χ4v) is 7.26. The Hall–Kier alpha value is 0.0249. The molecule has 11 atom stereocenters. The van der Waals surface area contributed by atoms with Crippen LogP contribution in [0.1, 0.15) is 19.3 Å². The maximum atomic E-state index is 6.40. The highest BCUT2D eigenvalue weighted by Gasteiger charge is 2.82. The Morgan fingerprint density at radius 3 is 2.50 bits per heavy atom. The van der Waals surface area contributed by atoms with Gasteiger partial charge in [0.25, 0.3) is 0 Å². The molecule has 2 heteroatoms. The van der Waals surface area contributed by atoms with Crippen LogP contribution in [0.4, 0.5) is 0 Å². The second-order valence-electron chi connectivity index (χ2n) is 7.80. The third kappa shape index (κ3) is 0.618. The van der Waals surface area contributed by atoms with Crippen molar-refractivity contribution in [3.63, 3.8) is 0 Å². The molecule has 6 rings (SSSR count). The van der Waals surface area contributed by atoms with E-state index < -0.39 is 0 Å². The molecule has 2 N–H and O–H groups in total. The fourth-order valence-electron chi connectivity index (χ4n) is 7.26. The molecule has 0 aromatic heterocycles. The summed E-state index contributed by atoms with van der Waals surface area (Å²) in [6, 6.07) is 0.554. The van der Waals surface area contributed by atoms with Crippen molar-refractivity contribution in [3.05, 3.63) is 0 Å². The maximum Gasteiger partial charge on any atom is 0.119 e. The van der Waals surface area contributed by atoms with Crippen LogP contribution in [0.5, 0.6) is 0 Å². The molecule has 0 spiro atoms. The molecule has 5 saturated carbocycles. The molecule has 1 saturated heterocycles. The van der Waals surface area contributed by atoms with E-state index in [9.17, 15) is 0 Å². The largest absolute Gasteiger partial charge is 0.327 e. The molecule has 11 unspecified atom stereocenters. The molecule has 1 nitrogen and oxygen atoms in total. The molecule has 16 heavy (non-hydrogen) atoms. The lowest BCUT2D eigenvalue weighted by molar-refractivity contribution is -0.0758. The Kier molecular flexibility index (Phi) is 1.10. The molecular formula is C14H19BN. The first-order chi connectivity index (χ1) is 7.84. The van der Waals surface area contributed by atoms with E-state index in [0.29, 0.717) is 6.04 Å². The zero-order valence-electron chi connectivity index (χ0n) is 9.63. The molecule has 5 aliphatic carbocycles. The zero-order valence-corrected chi connectivity index (χ0v) is 9.63. The van der Waals surface area contributed by atoms with Crippen molar-refractivity contribution >= 4 is 7.28 Å². The minimum absolute atomic E-state index is 0.554. The highest BCUT2D eigenvalue weighted by atomic mass is 14.8. The van der Waals surface area contributed by atoms with Gasteiger partial charge in [-0.2, -0.15) is 0 Å². The van der Waals surface area contributed by atoms with E-state index in [1.807, 2.05) is 0 Å². The van der Waals surface area contributed by atoms with Crippen LogP contribution in [0.15, 0.2) is 0 Å². The first-order valence-corrected chi connectivity index (χ1v) is 7.45. The predicted molar refractivity (Wildman–Crippen MR) is 63.0 cm³/mol. The van der Waals surface area contributed by atoms with E-state index in [2.05, 4.69) is 7.28 Å². The molecule has 1 radical (unpaired) electrons. The van der Waals surface area contributed by atoms with E-state index >= 15 is 0 Å². The molecule has 83 valence electrons. The first kappa shape index (κ1) is 8.18. The second-order valence-corrected chi connectivity index (χ2v) is 7.80. The average Bonchev–Trinajstić information content (AvgIpc) is 2.70. The zero-order chi connectivity index (χ0) is 10.2. The van der Waals surface area contributed by atoms with Crippen LogP contribution in [-0.4, -0.2) is 13.3 Å². The van der Waals surface area contributed by atoms with Crippen molar-refractivity contribution in [2.24, 2.45) is 53.1 Å². The van der Waals surface area contributed by atoms with Crippen LogP contribution in [0.25, 0.3) is 0 Å². The molecule has 6 aliphatic rings. The van der Waals surface area contributed by atoms with E-state index in [-0.39, 0.29) is 0 Å². The lowest BCUT2D eigenvalue weighted by Gasteiger charge is -2.70. The minimum atomic E-state index is 0.554. The Labute approximate surface area is 97.8 Å². The summed E-state index contributed by atoms with van der Waals surface area (Å²) >= 11 is 0. The highest BCUT2D eigenvalue weighted by molar-refractivity contribution is 6.45. The molecule has 1 heterocycles. The van der Waals surface area contributed by atoms with E-state index in [1.54, 1.807) is 6.42 Å². The summed E-state index contributed by atoms with van der Waals surface area (Å²) in [7, 11) is 2.75. The number of fused-ring (bicyclic) bond motifs is 6. The van der Waals surface area contributed by atoms with E-state index in [0.717, 1.165) is 29.4 Å². The van der Waals surface area contributed by atoms with Gasteiger partial charge in [-0.05, 0) is 66.6 Å². The number of hydrogen-bond donors (Lipinski definition) is 1. The maximum absolute atomic E-state index is 6.40. The Bertz CT molecular complexity index is 394. The van der Waals surface area contributed by atoms with Crippen molar-refractivity contribution < 1.29 is 0 Å². The van der Waals surface area contributed by atoms with Gasteiger partial charge in [-0.25, -0.2) is 0 Å². The Balaban J connectivity index is 1.46. The molecule has 0 aromatic rings. The van der Waals surface area contributed by atoms with Crippen molar-refractivity contribution in [3.8, 4) is 0 Å². The molecule has 2 bridgehead atoms. The highest BCUT2D eigenvalue weighted by Crippen LogP contribution is 2.88. The summed E-state index contributed by atoms with van der Waals surface area (Å²) < 4.78 is 0. The van der Waals surface area contributed by atoms with Crippen LogP contribution in [0.3, 0.4) is 0 Å². The molecule has 0 amide bonds. The smallest absolute Gasteiger partial charge is 0.119 e. The predicted octanol–water partition coefficient (Wildman–Crippen LogP) is 1.78. The third-order valence-electron chi connectivity index (χ3n) is 7.71. The van der Waals surface area contributed by atoms with E-state index in [1.165, 1.54) is 42.4 Å². The second kappa shape index (κ2) is 2.16. The third-order valence-corrected chi connectivity index (χ3v) is 7.71. The van der Waals surface area contributed by atoms with Gasteiger partial charge in [-0.15, -0.1) is 0 Å². The minimum Gasteiger partial charge on any atom is -0.327 e. The van der Waals surface area contributed by atoms with Crippen molar-refractivity contribution in [2.45, 2.75) is 36.9 Å². The first-order valence-electron chi connectivity index (χ1n) is 7.45. The molecule has 1 aliphatic heterocycles. The summed E-state index contributed by atoms with van der Waals surface area (Å²) in [4.78, 5) is 0. The van der Waals surface area contributed by atoms with Crippen molar-refractivity contribution in [2.75, 3.05) is 0 Å². The molecule has 0 aromatic carbocycles. The average molecular weight is 212 g/mol. The van der Waals surface area contributed by atoms with Gasteiger partial charge >= 0.3 is 0 Å². The normalized spacial score (nSPS) is 79.9. The summed E-state index contributed by atoms with van der Waals surface area (Å²) in [5.74, 6) is 11.1. The van der Waals surface area contributed by atoms with Crippen LogP contribution < -0.4 is 5.73 Å². The van der Waals surface area contributed by atoms with Gasteiger partial charge in [0.15, 0.2) is 0 Å². The molecule has 6 fully saturated rings.